The van der Waals surface area contributed by atoms with Gasteiger partial charge in [-0.05, 0) is 49.9 Å². The molecule has 1 amide bonds. The molecule has 4 rings (SSSR count). The minimum absolute atomic E-state index is 0.0238. The summed E-state index contributed by atoms with van der Waals surface area (Å²) in [4.78, 5) is 37.2. The van der Waals surface area contributed by atoms with Crippen LogP contribution in [0.4, 0.5) is 11.6 Å². The highest BCUT2D eigenvalue weighted by molar-refractivity contribution is 7.17. The van der Waals surface area contributed by atoms with Crippen molar-refractivity contribution in [3.63, 3.8) is 0 Å². The molecular formula is C23H29N5O2S. The third-order valence-electron chi connectivity index (χ3n) is 5.88. The average Bonchev–Trinajstić information content (AvgIpc) is 3.26. The van der Waals surface area contributed by atoms with Crippen LogP contribution in [0.3, 0.4) is 0 Å². The van der Waals surface area contributed by atoms with E-state index in [4.69, 9.17) is 4.98 Å². The van der Waals surface area contributed by atoms with E-state index in [-0.39, 0.29) is 18.0 Å². The zero-order valence-electron chi connectivity index (χ0n) is 18.4. The molecular weight excluding hydrogens is 410 g/mol. The van der Waals surface area contributed by atoms with Gasteiger partial charge in [-0.1, -0.05) is 12.1 Å². The maximum Gasteiger partial charge on any atom is 0.273 e. The van der Waals surface area contributed by atoms with Gasteiger partial charge in [-0.15, -0.1) is 11.3 Å². The van der Waals surface area contributed by atoms with Crippen LogP contribution in [0.5, 0.6) is 0 Å². The van der Waals surface area contributed by atoms with Crippen molar-refractivity contribution < 1.29 is 4.79 Å². The highest BCUT2D eigenvalue weighted by Gasteiger charge is 2.24. The van der Waals surface area contributed by atoms with E-state index in [0.717, 1.165) is 26.2 Å². The Kier molecular flexibility index (Phi) is 6.27. The van der Waals surface area contributed by atoms with Gasteiger partial charge in [0, 0.05) is 45.0 Å². The van der Waals surface area contributed by atoms with Gasteiger partial charge in [-0.2, -0.15) is 0 Å². The molecule has 7 nitrogen and oxygen atoms in total. The van der Waals surface area contributed by atoms with E-state index in [9.17, 15) is 9.59 Å². The number of carbonyl (C=O) groups excluding carboxylic acids is 1. The minimum atomic E-state index is -0.131. The molecule has 1 saturated heterocycles. The van der Waals surface area contributed by atoms with E-state index in [1.54, 1.807) is 4.57 Å². The van der Waals surface area contributed by atoms with Crippen molar-refractivity contribution in [2.75, 3.05) is 49.1 Å². The van der Waals surface area contributed by atoms with Gasteiger partial charge in [0.15, 0.2) is 0 Å². The summed E-state index contributed by atoms with van der Waals surface area (Å²) < 4.78 is 2.16. The van der Waals surface area contributed by atoms with Crippen molar-refractivity contribution in [1.29, 1.82) is 0 Å². The number of anilines is 2. The Balaban J connectivity index is 1.53. The topological polar surface area (TPSA) is 61.7 Å². The van der Waals surface area contributed by atoms with Crippen LogP contribution in [-0.2, 0) is 11.3 Å². The largest absolute Gasteiger partial charge is 0.368 e. The van der Waals surface area contributed by atoms with Crippen LogP contribution in [-0.4, -0.2) is 59.6 Å². The first-order valence-electron chi connectivity index (χ1n) is 10.8. The Bertz CT molecular complexity index is 1130. The molecule has 1 aliphatic heterocycles. The van der Waals surface area contributed by atoms with Gasteiger partial charge in [-0.25, -0.2) is 4.98 Å². The molecule has 1 fully saturated rings. The van der Waals surface area contributed by atoms with Crippen molar-refractivity contribution >= 4 is 39.1 Å². The quantitative estimate of drug-likeness (QED) is 0.591. The second kappa shape index (κ2) is 9.09. The molecule has 2 aromatic heterocycles. The Labute approximate surface area is 186 Å². The summed E-state index contributed by atoms with van der Waals surface area (Å²) in [6, 6.07) is 10.3. The summed E-state index contributed by atoms with van der Waals surface area (Å²) in [7, 11) is 0. The Hall–Kier alpha value is -2.87. The number of hydrogen-bond acceptors (Lipinski definition) is 6. The van der Waals surface area contributed by atoms with Gasteiger partial charge in [0.05, 0.1) is 5.52 Å². The van der Waals surface area contributed by atoms with Crippen molar-refractivity contribution in [1.82, 2.24) is 14.5 Å². The molecule has 1 aromatic carbocycles. The van der Waals surface area contributed by atoms with E-state index in [1.807, 2.05) is 35.1 Å². The number of aromatic nitrogens is 2. The number of hydrogen-bond donors (Lipinski definition) is 0. The maximum absolute atomic E-state index is 13.2. The van der Waals surface area contributed by atoms with Crippen molar-refractivity contribution in [2.45, 2.75) is 27.3 Å². The standard InChI is InChI=1S/C23H29N5O2S/c1-4-25(5-2)23-24-19-9-14-31-21(19)22(30)28(23)16-20(29)27-12-10-26(11-13-27)18-8-6-7-17(3)15-18/h6-9,14-15H,4-5,10-13,16H2,1-3H3. The van der Waals surface area contributed by atoms with Crippen molar-refractivity contribution in [3.8, 4) is 0 Å². The predicted octanol–water partition coefficient (Wildman–Crippen LogP) is 2.96. The highest BCUT2D eigenvalue weighted by atomic mass is 32.1. The smallest absolute Gasteiger partial charge is 0.273 e. The van der Waals surface area contributed by atoms with Gasteiger partial charge in [0.25, 0.3) is 5.56 Å². The Morgan fingerprint density at radius 1 is 1.13 bits per heavy atom. The number of carbonyl (C=O) groups is 1. The van der Waals surface area contributed by atoms with Crippen LogP contribution in [0.2, 0.25) is 0 Å². The van der Waals surface area contributed by atoms with Crippen molar-refractivity contribution in [2.24, 2.45) is 0 Å². The van der Waals surface area contributed by atoms with Crippen molar-refractivity contribution in [3.05, 3.63) is 51.6 Å². The Morgan fingerprint density at radius 3 is 2.55 bits per heavy atom. The van der Waals surface area contributed by atoms with E-state index in [1.165, 1.54) is 22.6 Å². The molecule has 0 atom stereocenters. The van der Waals surface area contributed by atoms with Gasteiger partial charge < -0.3 is 14.7 Å². The fraction of sp³-hybridized carbons (Fsp3) is 0.435. The van der Waals surface area contributed by atoms with Gasteiger partial charge in [0.1, 0.15) is 11.2 Å². The zero-order chi connectivity index (χ0) is 22.0. The van der Waals surface area contributed by atoms with Crippen LogP contribution in [0, 0.1) is 6.92 Å². The monoisotopic (exact) mass is 439 g/mol. The molecule has 0 spiro atoms. The first-order valence-corrected chi connectivity index (χ1v) is 11.7. The molecule has 1 aliphatic rings. The average molecular weight is 440 g/mol. The molecule has 8 heteroatoms. The molecule has 0 bridgehead atoms. The number of fused-ring (bicyclic) bond motifs is 1. The number of amides is 1. The summed E-state index contributed by atoms with van der Waals surface area (Å²) in [6.45, 7) is 10.5. The zero-order valence-corrected chi connectivity index (χ0v) is 19.2. The number of nitrogens with zero attached hydrogens (tertiary/aromatic N) is 5. The summed E-state index contributed by atoms with van der Waals surface area (Å²) in [5.74, 6) is 0.546. The molecule has 0 unspecified atom stereocenters. The molecule has 3 aromatic rings. The molecule has 0 saturated carbocycles. The lowest BCUT2D eigenvalue weighted by molar-refractivity contribution is -0.132. The van der Waals surface area contributed by atoms with E-state index >= 15 is 0 Å². The SMILES string of the molecule is CCN(CC)c1nc2ccsc2c(=O)n1CC(=O)N1CCN(c2cccc(C)c2)CC1. The second-order valence-corrected chi connectivity index (χ2v) is 8.73. The van der Waals surface area contributed by atoms with Gasteiger partial charge in [0.2, 0.25) is 11.9 Å². The molecule has 31 heavy (non-hydrogen) atoms. The highest BCUT2D eigenvalue weighted by Crippen LogP contribution is 2.21. The van der Waals surface area contributed by atoms with Crippen LogP contribution in [0.15, 0.2) is 40.5 Å². The summed E-state index contributed by atoms with van der Waals surface area (Å²) in [6.07, 6.45) is 0. The minimum Gasteiger partial charge on any atom is -0.368 e. The van der Waals surface area contributed by atoms with Crippen LogP contribution >= 0.6 is 11.3 Å². The molecule has 3 heterocycles. The number of aryl methyl sites for hydroxylation is 1. The third kappa shape index (κ3) is 4.30. The molecule has 164 valence electrons. The third-order valence-corrected chi connectivity index (χ3v) is 6.78. The van der Waals surface area contributed by atoms with E-state index in [2.05, 4.69) is 36.1 Å². The van der Waals surface area contributed by atoms with E-state index in [0.29, 0.717) is 29.3 Å². The lowest BCUT2D eigenvalue weighted by Crippen LogP contribution is -2.50. The van der Waals surface area contributed by atoms with Crippen LogP contribution < -0.4 is 15.4 Å². The lowest BCUT2D eigenvalue weighted by atomic mass is 10.2. The fourth-order valence-corrected chi connectivity index (χ4v) is 4.87. The first kappa shape index (κ1) is 21.4. The first-order chi connectivity index (χ1) is 15.0. The fourth-order valence-electron chi connectivity index (χ4n) is 4.10. The number of benzene rings is 1. The lowest BCUT2D eigenvalue weighted by Gasteiger charge is -2.36. The number of piperazine rings is 1. The number of rotatable bonds is 6. The summed E-state index contributed by atoms with van der Waals surface area (Å²) in [5, 5.41) is 1.88. The maximum atomic E-state index is 13.2. The van der Waals surface area contributed by atoms with Crippen LogP contribution in [0.1, 0.15) is 19.4 Å². The molecule has 0 radical (unpaired) electrons. The Morgan fingerprint density at radius 2 is 1.87 bits per heavy atom. The molecule has 0 N–H and O–H groups in total. The summed E-state index contributed by atoms with van der Waals surface area (Å²) in [5.41, 5.74) is 3.00. The predicted molar refractivity (Wildman–Crippen MR) is 127 cm³/mol. The van der Waals surface area contributed by atoms with Gasteiger partial charge >= 0.3 is 0 Å². The second-order valence-electron chi connectivity index (χ2n) is 7.82. The molecule has 0 aliphatic carbocycles. The normalized spacial score (nSPS) is 14.3. The van der Waals surface area contributed by atoms with Gasteiger partial charge in [-0.3, -0.25) is 14.2 Å². The van der Waals surface area contributed by atoms with E-state index < -0.39 is 0 Å². The summed E-state index contributed by atoms with van der Waals surface area (Å²) >= 11 is 1.38. The van der Waals surface area contributed by atoms with Crippen LogP contribution in [0.25, 0.3) is 10.2 Å². The number of thiophene rings is 1.